The second kappa shape index (κ2) is 7.49. The number of nitrogens with zero attached hydrogens (tertiary/aromatic N) is 1. The molecule has 0 aliphatic carbocycles. The Labute approximate surface area is 97.7 Å². The smallest absolute Gasteiger partial charge is 0.0702 e. The molecule has 1 heterocycles. The zero-order chi connectivity index (χ0) is 11.1. The third-order valence-electron chi connectivity index (χ3n) is 3.07. The highest BCUT2D eigenvalue weighted by molar-refractivity contribution is 7.98. The maximum absolute atomic E-state index is 5.80. The minimum Gasteiger partial charge on any atom is -0.377 e. The van der Waals surface area contributed by atoms with Crippen molar-refractivity contribution in [3.63, 3.8) is 0 Å². The summed E-state index contributed by atoms with van der Waals surface area (Å²) in [4.78, 5) is 2.37. The molecule has 1 aliphatic heterocycles. The third-order valence-corrected chi connectivity index (χ3v) is 3.71. The van der Waals surface area contributed by atoms with Gasteiger partial charge in [-0.2, -0.15) is 11.8 Å². The Hall–Kier alpha value is 0.230. The summed E-state index contributed by atoms with van der Waals surface area (Å²) < 4.78 is 5.64. The van der Waals surface area contributed by atoms with Gasteiger partial charge in [0.2, 0.25) is 0 Å². The molecule has 0 aromatic rings. The molecule has 1 rings (SSSR count). The lowest BCUT2D eigenvalue weighted by molar-refractivity contribution is 0.0686. The molecule has 15 heavy (non-hydrogen) atoms. The minimum atomic E-state index is 0.443. The van der Waals surface area contributed by atoms with Crippen LogP contribution in [-0.2, 0) is 4.74 Å². The van der Waals surface area contributed by atoms with E-state index in [2.05, 4.69) is 18.2 Å². The van der Waals surface area contributed by atoms with Crippen LogP contribution in [0.25, 0.3) is 0 Å². The van der Waals surface area contributed by atoms with E-state index in [-0.39, 0.29) is 0 Å². The molecule has 90 valence electrons. The second-order valence-corrected chi connectivity index (χ2v) is 5.23. The van der Waals surface area contributed by atoms with E-state index in [1.165, 1.54) is 25.0 Å². The molecule has 1 aliphatic rings. The van der Waals surface area contributed by atoms with Crippen LogP contribution in [0.15, 0.2) is 0 Å². The fraction of sp³-hybridized carbons (Fsp3) is 1.00. The first-order valence-electron chi connectivity index (χ1n) is 5.78. The van der Waals surface area contributed by atoms with E-state index in [0.29, 0.717) is 12.1 Å². The summed E-state index contributed by atoms with van der Waals surface area (Å²) >= 11 is 1.89. The van der Waals surface area contributed by atoms with Gasteiger partial charge in [0, 0.05) is 25.7 Å². The van der Waals surface area contributed by atoms with Gasteiger partial charge in [0.1, 0.15) is 0 Å². The monoisotopic (exact) mass is 232 g/mol. The van der Waals surface area contributed by atoms with E-state index >= 15 is 0 Å². The van der Waals surface area contributed by atoms with Gasteiger partial charge in [-0.1, -0.05) is 0 Å². The summed E-state index contributed by atoms with van der Waals surface area (Å²) in [5.41, 5.74) is 5.80. The van der Waals surface area contributed by atoms with Crippen LogP contribution in [0.5, 0.6) is 0 Å². The molecule has 0 aromatic heterocycles. The van der Waals surface area contributed by atoms with Gasteiger partial charge in [-0.3, -0.25) is 4.90 Å². The molecule has 0 saturated carbocycles. The number of hydrogen-bond acceptors (Lipinski definition) is 4. The molecule has 2 atom stereocenters. The lowest BCUT2D eigenvalue weighted by Gasteiger charge is -2.28. The largest absolute Gasteiger partial charge is 0.377 e. The molecule has 0 aromatic carbocycles. The van der Waals surface area contributed by atoms with Gasteiger partial charge >= 0.3 is 0 Å². The number of thioether (sulfide) groups is 1. The summed E-state index contributed by atoms with van der Waals surface area (Å²) in [5.74, 6) is 1.19. The first kappa shape index (κ1) is 13.3. The van der Waals surface area contributed by atoms with Gasteiger partial charge in [-0.05, 0) is 38.3 Å². The molecule has 0 spiro atoms. The van der Waals surface area contributed by atoms with Gasteiger partial charge in [0.15, 0.2) is 0 Å². The molecule has 0 amide bonds. The van der Waals surface area contributed by atoms with Crippen molar-refractivity contribution in [1.29, 1.82) is 0 Å². The van der Waals surface area contributed by atoms with E-state index < -0.39 is 0 Å². The molecular formula is C11H24N2OS. The van der Waals surface area contributed by atoms with Crippen LogP contribution in [0.2, 0.25) is 0 Å². The Bertz CT molecular complexity index is 163. The number of rotatable bonds is 7. The van der Waals surface area contributed by atoms with Crippen LogP contribution in [0.1, 0.15) is 19.3 Å². The highest BCUT2D eigenvalue weighted by atomic mass is 32.2. The number of likely N-dealkylation sites (N-methyl/N-ethyl adjacent to an activating group) is 1. The maximum atomic E-state index is 5.80. The molecule has 1 saturated heterocycles. The zero-order valence-electron chi connectivity index (χ0n) is 9.95. The lowest BCUT2D eigenvalue weighted by Crippen LogP contribution is -2.42. The first-order valence-corrected chi connectivity index (χ1v) is 7.18. The van der Waals surface area contributed by atoms with E-state index in [0.717, 1.165) is 19.7 Å². The van der Waals surface area contributed by atoms with Gasteiger partial charge in [-0.15, -0.1) is 0 Å². The van der Waals surface area contributed by atoms with Crippen molar-refractivity contribution in [2.45, 2.75) is 31.4 Å². The molecule has 4 heteroatoms. The quantitative estimate of drug-likeness (QED) is 0.715. The summed E-state index contributed by atoms with van der Waals surface area (Å²) in [6, 6.07) is 0.515. The highest BCUT2D eigenvalue weighted by Gasteiger charge is 2.20. The topological polar surface area (TPSA) is 38.5 Å². The van der Waals surface area contributed by atoms with Gasteiger partial charge in [-0.25, -0.2) is 0 Å². The van der Waals surface area contributed by atoms with Crippen LogP contribution in [0.4, 0.5) is 0 Å². The van der Waals surface area contributed by atoms with Crippen molar-refractivity contribution < 1.29 is 4.74 Å². The second-order valence-electron chi connectivity index (χ2n) is 4.25. The van der Waals surface area contributed by atoms with Gasteiger partial charge in [0.25, 0.3) is 0 Å². The van der Waals surface area contributed by atoms with E-state index in [9.17, 15) is 0 Å². The molecule has 3 nitrogen and oxygen atoms in total. The Morgan fingerprint density at radius 1 is 1.60 bits per heavy atom. The summed E-state index contributed by atoms with van der Waals surface area (Å²) in [6.45, 7) is 2.73. The van der Waals surface area contributed by atoms with Crippen molar-refractivity contribution in [3.8, 4) is 0 Å². The predicted molar refractivity (Wildman–Crippen MR) is 67.4 cm³/mol. The van der Waals surface area contributed by atoms with Crippen LogP contribution in [0, 0.1) is 0 Å². The molecular weight excluding hydrogens is 208 g/mol. The van der Waals surface area contributed by atoms with Gasteiger partial charge in [0.05, 0.1) is 6.10 Å². The van der Waals surface area contributed by atoms with E-state index in [1.807, 2.05) is 11.8 Å². The van der Waals surface area contributed by atoms with Crippen LogP contribution in [0.3, 0.4) is 0 Å². The Balaban J connectivity index is 2.24. The SMILES string of the molecule is CSCCC(CN)N(C)CC1CCCO1. The fourth-order valence-corrected chi connectivity index (χ4v) is 2.54. The van der Waals surface area contributed by atoms with Crippen molar-refractivity contribution in [2.24, 2.45) is 5.73 Å². The third kappa shape index (κ3) is 4.72. The number of hydrogen-bond donors (Lipinski definition) is 1. The average Bonchev–Trinajstić information content (AvgIpc) is 2.71. The van der Waals surface area contributed by atoms with Crippen LogP contribution >= 0.6 is 11.8 Å². The molecule has 2 unspecified atom stereocenters. The fourth-order valence-electron chi connectivity index (χ4n) is 2.03. The van der Waals surface area contributed by atoms with Gasteiger partial charge < -0.3 is 10.5 Å². The molecule has 1 fully saturated rings. The normalized spacial score (nSPS) is 23.6. The van der Waals surface area contributed by atoms with Crippen LogP contribution in [-0.4, -0.2) is 55.8 Å². The van der Waals surface area contributed by atoms with Crippen molar-refractivity contribution >= 4 is 11.8 Å². The van der Waals surface area contributed by atoms with Crippen molar-refractivity contribution in [2.75, 3.05) is 38.8 Å². The zero-order valence-corrected chi connectivity index (χ0v) is 10.8. The van der Waals surface area contributed by atoms with Crippen molar-refractivity contribution in [3.05, 3.63) is 0 Å². The first-order chi connectivity index (χ1) is 7.27. The standard InChI is InChI=1S/C11H24N2OS/c1-13(9-11-4-3-6-14-11)10(8-12)5-7-15-2/h10-11H,3-9,12H2,1-2H3. The summed E-state index contributed by atoms with van der Waals surface area (Å²) in [6.07, 6.45) is 6.20. The number of ether oxygens (including phenoxy) is 1. The maximum Gasteiger partial charge on any atom is 0.0702 e. The van der Waals surface area contributed by atoms with Crippen LogP contribution < -0.4 is 5.73 Å². The molecule has 0 radical (unpaired) electrons. The number of nitrogens with two attached hydrogens (primary N) is 1. The average molecular weight is 232 g/mol. The van der Waals surface area contributed by atoms with E-state index in [4.69, 9.17) is 10.5 Å². The van der Waals surface area contributed by atoms with Crippen molar-refractivity contribution in [1.82, 2.24) is 4.90 Å². The summed E-state index contributed by atoms with van der Waals surface area (Å²) in [7, 11) is 2.17. The molecule has 2 N–H and O–H groups in total. The Kier molecular flexibility index (Phi) is 6.64. The highest BCUT2D eigenvalue weighted by Crippen LogP contribution is 2.15. The lowest BCUT2D eigenvalue weighted by atomic mass is 10.1. The van der Waals surface area contributed by atoms with E-state index in [1.54, 1.807) is 0 Å². The Morgan fingerprint density at radius 3 is 2.93 bits per heavy atom. The molecule has 0 bridgehead atoms. The predicted octanol–water partition coefficient (Wildman–Crippen LogP) is 1.18. The minimum absolute atomic E-state index is 0.443. The summed E-state index contributed by atoms with van der Waals surface area (Å²) in [5, 5.41) is 0. The Morgan fingerprint density at radius 2 is 2.40 bits per heavy atom.